The van der Waals surface area contributed by atoms with E-state index in [0.29, 0.717) is 11.1 Å². The number of nitrogens with two attached hydrogens (primary N) is 1. The van der Waals surface area contributed by atoms with E-state index in [-0.39, 0.29) is 18.0 Å². The van der Waals surface area contributed by atoms with E-state index in [1.54, 1.807) is 29.2 Å². The van der Waals surface area contributed by atoms with Crippen molar-refractivity contribution < 1.29 is 9.59 Å². The zero-order valence-corrected chi connectivity index (χ0v) is 11.3. The lowest BCUT2D eigenvalue weighted by Gasteiger charge is -2.30. The Balaban J connectivity index is 2.99. The highest BCUT2D eigenvalue weighted by Crippen LogP contribution is 2.13. The molecule has 4 heteroatoms. The maximum Gasteiger partial charge on any atom is 0.254 e. The minimum absolute atomic E-state index is 0.0315. The second-order valence-electron chi connectivity index (χ2n) is 4.84. The molecule has 2 N–H and O–H groups in total. The molecule has 0 bridgehead atoms. The van der Waals surface area contributed by atoms with Crippen LogP contribution in [-0.2, 0) is 0 Å². The van der Waals surface area contributed by atoms with E-state index in [1.165, 1.54) is 0 Å². The monoisotopic (exact) mass is 248 g/mol. The summed E-state index contributed by atoms with van der Waals surface area (Å²) >= 11 is 0. The first-order valence-corrected chi connectivity index (χ1v) is 6.07. The van der Waals surface area contributed by atoms with Crippen molar-refractivity contribution in [3.8, 4) is 0 Å². The molecule has 98 valence electrons. The number of hydrogen-bond acceptors (Lipinski definition) is 2. The molecular weight excluding hydrogens is 228 g/mol. The third-order valence-electron chi connectivity index (χ3n) is 2.76. The number of hydrogen-bond donors (Lipinski definition) is 1. The van der Waals surface area contributed by atoms with Gasteiger partial charge in [-0.05, 0) is 52.0 Å². The Bertz CT molecular complexity index is 428. The molecule has 0 aliphatic heterocycles. The molecule has 0 heterocycles. The zero-order valence-electron chi connectivity index (χ0n) is 11.3. The molecule has 18 heavy (non-hydrogen) atoms. The van der Waals surface area contributed by atoms with Crippen molar-refractivity contribution in [2.75, 3.05) is 0 Å². The molecule has 0 spiro atoms. The van der Waals surface area contributed by atoms with Gasteiger partial charge in [0.05, 0.1) is 0 Å². The summed E-state index contributed by atoms with van der Waals surface area (Å²) < 4.78 is 0. The fourth-order valence-corrected chi connectivity index (χ4v) is 1.99. The summed E-state index contributed by atoms with van der Waals surface area (Å²) in [5.74, 6) is -0.519. The second-order valence-corrected chi connectivity index (χ2v) is 4.84. The van der Waals surface area contributed by atoms with Crippen molar-refractivity contribution >= 4 is 11.8 Å². The molecule has 0 fully saturated rings. The van der Waals surface area contributed by atoms with Gasteiger partial charge in [0.1, 0.15) is 0 Å². The van der Waals surface area contributed by atoms with Gasteiger partial charge in [-0.1, -0.05) is 0 Å². The molecule has 1 aromatic rings. The third kappa shape index (κ3) is 3.09. The molecule has 0 unspecified atom stereocenters. The van der Waals surface area contributed by atoms with Crippen LogP contribution in [0.15, 0.2) is 24.3 Å². The first-order chi connectivity index (χ1) is 8.34. The van der Waals surface area contributed by atoms with Gasteiger partial charge in [-0.25, -0.2) is 0 Å². The quantitative estimate of drug-likeness (QED) is 0.886. The first kappa shape index (κ1) is 14.2. The van der Waals surface area contributed by atoms with Crippen LogP contribution >= 0.6 is 0 Å². The topological polar surface area (TPSA) is 63.4 Å². The van der Waals surface area contributed by atoms with Gasteiger partial charge in [0.2, 0.25) is 5.91 Å². The zero-order chi connectivity index (χ0) is 13.9. The lowest BCUT2D eigenvalue weighted by atomic mass is 10.1. The molecule has 0 aromatic heterocycles. The van der Waals surface area contributed by atoms with Crippen LogP contribution < -0.4 is 5.73 Å². The van der Waals surface area contributed by atoms with Gasteiger partial charge in [0, 0.05) is 23.2 Å². The average molecular weight is 248 g/mol. The summed E-state index contributed by atoms with van der Waals surface area (Å²) in [6.45, 7) is 7.93. The highest BCUT2D eigenvalue weighted by molar-refractivity contribution is 5.97. The van der Waals surface area contributed by atoms with Gasteiger partial charge >= 0.3 is 0 Å². The lowest BCUT2D eigenvalue weighted by Crippen LogP contribution is -2.42. The summed E-state index contributed by atoms with van der Waals surface area (Å²) in [4.78, 5) is 25.1. The summed E-state index contributed by atoms with van der Waals surface area (Å²) in [6, 6.07) is 6.70. The summed E-state index contributed by atoms with van der Waals surface area (Å²) in [6.07, 6.45) is 0. The smallest absolute Gasteiger partial charge is 0.254 e. The van der Waals surface area contributed by atoms with E-state index in [4.69, 9.17) is 5.73 Å². The summed E-state index contributed by atoms with van der Waals surface area (Å²) in [7, 11) is 0. The van der Waals surface area contributed by atoms with Gasteiger partial charge in [-0.2, -0.15) is 0 Å². The molecule has 1 aromatic carbocycles. The average Bonchev–Trinajstić information content (AvgIpc) is 2.28. The number of benzene rings is 1. The fourth-order valence-electron chi connectivity index (χ4n) is 1.99. The molecule has 0 saturated carbocycles. The van der Waals surface area contributed by atoms with Crippen molar-refractivity contribution in [1.29, 1.82) is 0 Å². The molecule has 4 nitrogen and oxygen atoms in total. The molecule has 0 atom stereocenters. The van der Waals surface area contributed by atoms with Crippen molar-refractivity contribution in [2.45, 2.75) is 39.8 Å². The van der Waals surface area contributed by atoms with E-state index < -0.39 is 5.91 Å². The van der Waals surface area contributed by atoms with Gasteiger partial charge in [-0.15, -0.1) is 0 Å². The van der Waals surface area contributed by atoms with Crippen LogP contribution in [0.3, 0.4) is 0 Å². The van der Waals surface area contributed by atoms with Crippen molar-refractivity contribution in [1.82, 2.24) is 4.90 Å². The molecule has 0 aliphatic rings. The summed E-state index contributed by atoms with van der Waals surface area (Å²) in [5, 5.41) is 0. The predicted molar refractivity (Wildman–Crippen MR) is 71.4 cm³/mol. The Morgan fingerprint density at radius 2 is 1.33 bits per heavy atom. The Labute approximate surface area is 108 Å². The Kier molecular flexibility index (Phi) is 4.48. The largest absolute Gasteiger partial charge is 0.366 e. The number of carbonyl (C=O) groups excluding carboxylic acids is 2. The molecule has 0 saturated heterocycles. The summed E-state index contributed by atoms with van der Waals surface area (Å²) in [5.41, 5.74) is 6.14. The number of primary amides is 1. The van der Waals surface area contributed by atoms with Crippen LogP contribution in [0, 0.1) is 0 Å². The van der Waals surface area contributed by atoms with Crippen LogP contribution in [0.25, 0.3) is 0 Å². The molecule has 0 aliphatic carbocycles. The number of amides is 2. The van der Waals surface area contributed by atoms with Crippen LogP contribution in [0.1, 0.15) is 48.4 Å². The van der Waals surface area contributed by atoms with E-state index in [0.717, 1.165) is 0 Å². The van der Waals surface area contributed by atoms with E-state index in [1.807, 2.05) is 27.7 Å². The molecule has 1 rings (SSSR count). The highest BCUT2D eigenvalue weighted by Gasteiger charge is 2.21. The van der Waals surface area contributed by atoms with E-state index >= 15 is 0 Å². The predicted octanol–water partition coefficient (Wildman–Crippen LogP) is 2.04. The van der Waals surface area contributed by atoms with Crippen LogP contribution in [0.5, 0.6) is 0 Å². The second kappa shape index (κ2) is 5.67. The van der Waals surface area contributed by atoms with Gasteiger partial charge in [0.25, 0.3) is 5.91 Å². The van der Waals surface area contributed by atoms with E-state index in [9.17, 15) is 9.59 Å². The van der Waals surface area contributed by atoms with E-state index in [2.05, 4.69) is 0 Å². The Hall–Kier alpha value is -1.84. The third-order valence-corrected chi connectivity index (χ3v) is 2.76. The van der Waals surface area contributed by atoms with Crippen molar-refractivity contribution in [2.24, 2.45) is 5.73 Å². The van der Waals surface area contributed by atoms with Crippen LogP contribution in [-0.4, -0.2) is 28.8 Å². The minimum Gasteiger partial charge on any atom is -0.366 e. The molecule has 0 radical (unpaired) electrons. The lowest BCUT2D eigenvalue weighted by molar-refractivity contribution is 0.0643. The maximum absolute atomic E-state index is 12.3. The first-order valence-electron chi connectivity index (χ1n) is 6.07. The molecular formula is C14H20N2O2. The van der Waals surface area contributed by atoms with Crippen LogP contribution in [0.4, 0.5) is 0 Å². The van der Waals surface area contributed by atoms with Crippen molar-refractivity contribution in [3.05, 3.63) is 35.4 Å². The highest BCUT2D eigenvalue weighted by atomic mass is 16.2. The normalized spacial score (nSPS) is 10.8. The standard InChI is InChI=1S/C14H20N2O2/c1-9(2)16(10(3)4)14(18)12-7-5-11(6-8-12)13(15)17/h5-10H,1-4H3,(H2,15,17). The van der Waals surface area contributed by atoms with Gasteiger partial charge in [-0.3, -0.25) is 9.59 Å². The van der Waals surface area contributed by atoms with Crippen molar-refractivity contribution in [3.63, 3.8) is 0 Å². The fraction of sp³-hybridized carbons (Fsp3) is 0.429. The SMILES string of the molecule is CC(C)N(C(=O)c1ccc(C(N)=O)cc1)C(C)C. The number of nitrogens with zero attached hydrogens (tertiary/aromatic N) is 1. The Morgan fingerprint density at radius 1 is 0.944 bits per heavy atom. The van der Waals surface area contributed by atoms with Gasteiger partial charge in [0.15, 0.2) is 0 Å². The Morgan fingerprint density at radius 3 is 1.67 bits per heavy atom. The number of carbonyl (C=O) groups is 2. The van der Waals surface area contributed by atoms with Crippen LogP contribution in [0.2, 0.25) is 0 Å². The maximum atomic E-state index is 12.3. The number of rotatable bonds is 4. The minimum atomic E-state index is -0.487. The molecule has 2 amide bonds. The van der Waals surface area contributed by atoms with Gasteiger partial charge < -0.3 is 10.6 Å².